The maximum absolute atomic E-state index is 13.6. The summed E-state index contributed by atoms with van der Waals surface area (Å²) in [4.78, 5) is 15.3. The van der Waals surface area contributed by atoms with E-state index in [9.17, 15) is 14.4 Å². The lowest BCUT2D eigenvalue weighted by atomic mass is 9.90. The summed E-state index contributed by atoms with van der Waals surface area (Å²) in [6, 6.07) is 4.90. The van der Waals surface area contributed by atoms with Crippen LogP contribution >= 0.6 is 0 Å². The molecule has 0 aliphatic carbocycles. The van der Waals surface area contributed by atoms with E-state index in [2.05, 4.69) is 21.5 Å². The highest BCUT2D eigenvalue weighted by Crippen LogP contribution is 2.26. The number of carbonyl (C=O) groups is 1. The molecule has 1 aliphatic rings. The second-order valence-corrected chi connectivity index (χ2v) is 6.18. The summed E-state index contributed by atoms with van der Waals surface area (Å²) in [5, 5.41) is 16.5. The molecule has 0 unspecified atom stereocenters. The van der Waals surface area contributed by atoms with E-state index in [1.54, 1.807) is 4.68 Å². The Morgan fingerprint density at radius 2 is 2.41 bits per heavy atom. The predicted molar refractivity (Wildman–Crippen MR) is 92.8 cm³/mol. The minimum absolute atomic E-state index is 0.0457. The molecule has 0 spiro atoms. The largest absolute Gasteiger partial charge is 0.481 e. The molecule has 1 fully saturated rings. The number of methoxy groups -OCH3 is 1. The van der Waals surface area contributed by atoms with Crippen LogP contribution in [0, 0.1) is 29.1 Å². The molecule has 3 rings (SSSR count). The summed E-state index contributed by atoms with van der Waals surface area (Å²) >= 11 is 0. The Labute approximate surface area is 154 Å². The number of hydrogen-bond acceptors (Lipinski definition) is 7. The van der Waals surface area contributed by atoms with Crippen LogP contribution in [0.4, 0.5) is 15.9 Å². The minimum Gasteiger partial charge on any atom is -0.481 e. The van der Waals surface area contributed by atoms with Crippen molar-refractivity contribution >= 4 is 17.4 Å². The molecule has 0 radical (unpaired) electrons. The second-order valence-electron chi connectivity index (χ2n) is 6.18. The van der Waals surface area contributed by atoms with Crippen LogP contribution in [-0.2, 0) is 11.3 Å². The molecule has 3 N–H and O–H groups in total. The van der Waals surface area contributed by atoms with Gasteiger partial charge in [0.15, 0.2) is 5.82 Å². The molecule has 1 saturated heterocycles. The molecular formula is C17H19FN6O3. The van der Waals surface area contributed by atoms with Crippen molar-refractivity contribution in [2.24, 2.45) is 17.6 Å². The van der Waals surface area contributed by atoms with Crippen LogP contribution in [0.5, 0.6) is 5.88 Å². The lowest BCUT2D eigenvalue weighted by molar-refractivity contribution is 0.0253. The highest BCUT2D eigenvalue weighted by atomic mass is 19.1. The van der Waals surface area contributed by atoms with Gasteiger partial charge in [0.1, 0.15) is 5.56 Å². The number of aromatic nitrogens is 3. The van der Waals surface area contributed by atoms with Crippen molar-refractivity contribution < 1.29 is 18.7 Å². The number of nitriles is 1. The van der Waals surface area contributed by atoms with Gasteiger partial charge in [-0.25, -0.2) is 0 Å². The molecule has 1 amide bonds. The number of nitrogens with two attached hydrogens (primary N) is 1. The molecule has 0 bridgehead atoms. The van der Waals surface area contributed by atoms with E-state index in [0.717, 1.165) is 6.07 Å². The van der Waals surface area contributed by atoms with Gasteiger partial charge in [0.2, 0.25) is 11.8 Å². The van der Waals surface area contributed by atoms with Crippen LogP contribution in [0.15, 0.2) is 18.3 Å². The zero-order chi connectivity index (χ0) is 19.4. The first-order valence-electron chi connectivity index (χ1n) is 8.33. The predicted octanol–water partition coefficient (Wildman–Crippen LogP) is 1.44. The fraction of sp³-hybridized carbons (Fsp3) is 0.412. The van der Waals surface area contributed by atoms with Crippen molar-refractivity contribution in [1.82, 2.24) is 14.8 Å². The lowest BCUT2D eigenvalue weighted by Gasteiger charge is -2.26. The van der Waals surface area contributed by atoms with Gasteiger partial charge < -0.3 is 20.5 Å². The maximum Gasteiger partial charge on any atom is 0.254 e. The number of hydrogen-bond donors (Lipinski definition) is 2. The number of primary amides is 1. The fourth-order valence-electron chi connectivity index (χ4n) is 2.96. The molecule has 9 nitrogen and oxygen atoms in total. The Bertz CT molecular complexity index is 878. The van der Waals surface area contributed by atoms with Gasteiger partial charge in [-0.1, -0.05) is 0 Å². The SMILES string of the molecule is COc1cc(Nc2nn(C[C@H]3COCC[C@@H]3C#N)cc2C(N)=O)cc(F)n1. The minimum atomic E-state index is -0.742. The van der Waals surface area contributed by atoms with Gasteiger partial charge in [-0.3, -0.25) is 9.48 Å². The highest BCUT2D eigenvalue weighted by Gasteiger charge is 2.27. The number of rotatable bonds is 6. The first-order chi connectivity index (χ1) is 13.0. The first-order valence-corrected chi connectivity index (χ1v) is 8.33. The number of halogens is 1. The van der Waals surface area contributed by atoms with Crippen molar-refractivity contribution in [3.63, 3.8) is 0 Å². The third-order valence-corrected chi connectivity index (χ3v) is 4.33. The monoisotopic (exact) mass is 374 g/mol. The van der Waals surface area contributed by atoms with Crippen molar-refractivity contribution in [3.05, 3.63) is 29.8 Å². The Hall–Kier alpha value is -3.19. The highest BCUT2D eigenvalue weighted by molar-refractivity contribution is 5.98. The standard InChI is InChI=1S/C17H19FN6O3/c1-26-15-5-12(4-14(18)22-15)21-17-13(16(20)25)8-24(23-17)7-11-9-27-3-2-10(11)6-19/h4-5,8,10-11H,2-3,7,9H2,1H3,(H2,20,25)(H,21,22,23)/t10-,11+/m1/s1. The molecule has 0 saturated carbocycles. The Morgan fingerprint density at radius 3 is 3.11 bits per heavy atom. The van der Waals surface area contributed by atoms with Gasteiger partial charge in [0.25, 0.3) is 5.91 Å². The summed E-state index contributed by atoms with van der Waals surface area (Å²) in [6.07, 6.45) is 2.16. The molecule has 2 aromatic rings. The number of ether oxygens (including phenoxy) is 2. The van der Waals surface area contributed by atoms with E-state index in [4.69, 9.17) is 15.2 Å². The summed E-state index contributed by atoms with van der Waals surface area (Å²) in [6.45, 7) is 1.40. The van der Waals surface area contributed by atoms with Crippen LogP contribution in [0.2, 0.25) is 0 Å². The molecular weight excluding hydrogens is 355 g/mol. The van der Waals surface area contributed by atoms with Gasteiger partial charge in [-0.15, -0.1) is 0 Å². The van der Waals surface area contributed by atoms with Crippen molar-refractivity contribution in [3.8, 4) is 11.9 Å². The van der Waals surface area contributed by atoms with E-state index in [1.807, 2.05) is 0 Å². The Balaban J connectivity index is 1.84. The normalized spacial score (nSPS) is 19.3. The van der Waals surface area contributed by atoms with E-state index < -0.39 is 11.9 Å². The molecule has 27 heavy (non-hydrogen) atoms. The summed E-state index contributed by atoms with van der Waals surface area (Å²) < 4.78 is 25.5. The van der Waals surface area contributed by atoms with E-state index in [0.29, 0.717) is 31.9 Å². The van der Waals surface area contributed by atoms with Gasteiger partial charge in [0.05, 0.1) is 25.7 Å². The third-order valence-electron chi connectivity index (χ3n) is 4.33. The third kappa shape index (κ3) is 4.32. The lowest BCUT2D eigenvalue weighted by Crippen LogP contribution is -2.30. The molecule has 10 heteroatoms. The fourth-order valence-corrected chi connectivity index (χ4v) is 2.96. The summed E-state index contributed by atoms with van der Waals surface area (Å²) in [5.74, 6) is -1.35. The van der Waals surface area contributed by atoms with Crippen LogP contribution in [0.1, 0.15) is 16.8 Å². The quantitative estimate of drug-likeness (QED) is 0.732. The number of carbonyl (C=O) groups excluding carboxylic acids is 1. The number of anilines is 2. The number of amides is 1. The topological polar surface area (TPSA) is 128 Å². The molecule has 3 heterocycles. The Kier molecular flexibility index (Phi) is 5.52. The number of nitrogens with zero attached hydrogens (tertiary/aromatic N) is 4. The van der Waals surface area contributed by atoms with Crippen LogP contribution in [-0.4, -0.2) is 41.0 Å². The number of nitrogens with one attached hydrogen (secondary N) is 1. The molecule has 0 aromatic carbocycles. The smallest absolute Gasteiger partial charge is 0.254 e. The molecule has 1 aliphatic heterocycles. The Morgan fingerprint density at radius 1 is 1.59 bits per heavy atom. The van der Waals surface area contributed by atoms with Gasteiger partial charge in [-0.2, -0.15) is 19.7 Å². The van der Waals surface area contributed by atoms with Crippen molar-refractivity contribution in [2.45, 2.75) is 13.0 Å². The van der Waals surface area contributed by atoms with Gasteiger partial charge in [-0.05, 0) is 6.42 Å². The zero-order valence-corrected chi connectivity index (χ0v) is 14.7. The average Bonchev–Trinajstić information content (AvgIpc) is 3.04. The zero-order valence-electron chi connectivity index (χ0n) is 14.7. The van der Waals surface area contributed by atoms with Crippen LogP contribution in [0.25, 0.3) is 0 Å². The van der Waals surface area contributed by atoms with E-state index in [-0.39, 0.29) is 29.1 Å². The van der Waals surface area contributed by atoms with Crippen LogP contribution < -0.4 is 15.8 Å². The molecule has 2 aromatic heterocycles. The van der Waals surface area contributed by atoms with Crippen molar-refractivity contribution in [1.29, 1.82) is 5.26 Å². The maximum atomic E-state index is 13.6. The first kappa shape index (κ1) is 18.6. The summed E-state index contributed by atoms with van der Waals surface area (Å²) in [7, 11) is 1.37. The second kappa shape index (κ2) is 8.01. The van der Waals surface area contributed by atoms with Crippen molar-refractivity contribution in [2.75, 3.05) is 25.6 Å². The average molecular weight is 374 g/mol. The van der Waals surface area contributed by atoms with Crippen LogP contribution in [0.3, 0.4) is 0 Å². The number of pyridine rings is 1. The van der Waals surface area contributed by atoms with E-state index >= 15 is 0 Å². The van der Waals surface area contributed by atoms with Gasteiger partial charge in [0, 0.05) is 43.1 Å². The van der Waals surface area contributed by atoms with E-state index in [1.165, 1.54) is 19.4 Å². The molecule has 2 atom stereocenters. The van der Waals surface area contributed by atoms with Gasteiger partial charge >= 0.3 is 0 Å². The summed E-state index contributed by atoms with van der Waals surface area (Å²) in [5.41, 5.74) is 5.89. The molecule has 142 valence electrons.